The summed E-state index contributed by atoms with van der Waals surface area (Å²) in [6.45, 7) is 25.8. The summed E-state index contributed by atoms with van der Waals surface area (Å²) in [5, 5.41) is 9.57. The van der Waals surface area contributed by atoms with Gasteiger partial charge in [0.2, 0.25) is 0 Å². The van der Waals surface area contributed by atoms with Gasteiger partial charge in [-0.1, -0.05) is 55.4 Å². The smallest absolute Gasteiger partial charge is 0.351 e. The first-order valence-electron chi connectivity index (χ1n) is 17.5. The van der Waals surface area contributed by atoms with E-state index in [1.165, 1.54) is 21.5 Å². The number of nitrogens with zero attached hydrogens (tertiary/aromatic N) is 4. The molecule has 2 aliphatic rings. The summed E-state index contributed by atoms with van der Waals surface area (Å²) in [6, 6.07) is 0. The van der Waals surface area contributed by atoms with E-state index < -0.39 is 40.5 Å². The standard InChI is InChI=1S/C17H31N3O4Si.C17H29N3O4Si/c2*1-7-12-13(24-25(5,6)17(2,3)4)8-14(23-12)20-9-11(10-21)15(18)19-16(20)22/h9,12-14,21H,7-8,10H2,1-6H3,(H2,18,19,22);9-10,12-14H,7-8H2,1-6H3,(H2,18,19,22)/t2*12-,13-,14-/m11/s1. The average Bonchev–Trinajstić information content (AvgIpc) is 3.59. The third-order valence-corrected chi connectivity index (χ3v) is 19.7. The van der Waals surface area contributed by atoms with Gasteiger partial charge in [0.1, 0.15) is 24.1 Å². The molecule has 0 bridgehead atoms. The molecule has 0 saturated carbocycles. The van der Waals surface area contributed by atoms with Crippen molar-refractivity contribution in [1.82, 2.24) is 19.1 Å². The van der Waals surface area contributed by atoms with Crippen molar-refractivity contribution < 1.29 is 28.2 Å². The van der Waals surface area contributed by atoms with Crippen LogP contribution in [0.5, 0.6) is 0 Å². The molecule has 6 atom stereocenters. The lowest BCUT2D eigenvalue weighted by Crippen LogP contribution is -2.45. The van der Waals surface area contributed by atoms with Crippen LogP contribution in [0.1, 0.15) is 109 Å². The van der Waals surface area contributed by atoms with E-state index in [-0.39, 0.29) is 58.3 Å². The van der Waals surface area contributed by atoms with Crippen molar-refractivity contribution in [3.05, 3.63) is 44.5 Å². The monoisotopic (exact) mass is 736 g/mol. The van der Waals surface area contributed by atoms with Crippen LogP contribution in [0.2, 0.25) is 36.3 Å². The Morgan fingerprint density at radius 1 is 0.820 bits per heavy atom. The predicted molar refractivity (Wildman–Crippen MR) is 199 cm³/mol. The molecule has 0 amide bonds. The van der Waals surface area contributed by atoms with Crippen LogP contribution in [0.4, 0.5) is 11.6 Å². The minimum Gasteiger partial charge on any atom is -0.411 e. The summed E-state index contributed by atoms with van der Waals surface area (Å²) >= 11 is 0. The van der Waals surface area contributed by atoms with Crippen LogP contribution in [-0.2, 0) is 24.9 Å². The van der Waals surface area contributed by atoms with E-state index in [0.717, 1.165) is 12.8 Å². The second-order valence-corrected chi connectivity index (χ2v) is 25.8. The first-order chi connectivity index (χ1) is 23.0. The predicted octanol–water partition coefficient (Wildman–Crippen LogP) is 5.13. The highest BCUT2D eigenvalue weighted by molar-refractivity contribution is 6.74. The number of aromatic nitrogens is 4. The Balaban J connectivity index is 0.000000270. The zero-order chi connectivity index (χ0) is 38.0. The molecule has 0 aliphatic carbocycles. The number of aliphatic hydroxyl groups is 1. The normalized spacial score (nSPS) is 24.6. The van der Waals surface area contributed by atoms with Crippen LogP contribution < -0.4 is 22.8 Å². The topological polar surface area (TPSA) is 196 Å². The van der Waals surface area contributed by atoms with Crippen LogP contribution in [0.25, 0.3) is 0 Å². The van der Waals surface area contributed by atoms with Crippen molar-refractivity contribution in [2.24, 2.45) is 0 Å². The molecule has 0 radical (unpaired) electrons. The van der Waals surface area contributed by atoms with Crippen LogP contribution in [-0.4, -0.2) is 71.5 Å². The van der Waals surface area contributed by atoms with Crippen LogP contribution in [0.3, 0.4) is 0 Å². The van der Waals surface area contributed by atoms with Gasteiger partial charge in [-0.3, -0.25) is 13.9 Å². The van der Waals surface area contributed by atoms with Gasteiger partial charge in [0, 0.05) is 30.8 Å². The third kappa shape index (κ3) is 9.37. The summed E-state index contributed by atoms with van der Waals surface area (Å²) in [5.41, 5.74) is 10.9. The van der Waals surface area contributed by atoms with E-state index in [2.05, 4.69) is 84.6 Å². The SMILES string of the molecule is CC[C@H]1O[C@@H](n2cc(C=O)c(N)nc2=O)C[C@H]1O[Si](C)(C)C(C)(C)C.CC[C@H]1O[C@@H](n2cc(CO)c(N)nc2=O)C[C@H]1O[Si](C)(C)C(C)(C)C. The molecule has 2 aromatic heterocycles. The van der Waals surface area contributed by atoms with Gasteiger partial charge in [-0.05, 0) is 49.1 Å². The molecule has 2 aromatic rings. The van der Waals surface area contributed by atoms with Gasteiger partial charge in [0.25, 0.3) is 0 Å². The van der Waals surface area contributed by atoms with E-state index >= 15 is 0 Å². The number of hydrogen-bond donors (Lipinski definition) is 3. The van der Waals surface area contributed by atoms with Crippen molar-refractivity contribution in [3.63, 3.8) is 0 Å². The molecule has 0 unspecified atom stereocenters. The largest absolute Gasteiger partial charge is 0.411 e. The molecule has 0 spiro atoms. The Kier molecular flexibility index (Phi) is 13.2. The van der Waals surface area contributed by atoms with Gasteiger partial charge in [-0.25, -0.2) is 9.59 Å². The molecule has 2 aliphatic heterocycles. The maximum absolute atomic E-state index is 12.2. The van der Waals surface area contributed by atoms with Crippen molar-refractivity contribution >= 4 is 34.6 Å². The minimum atomic E-state index is -1.96. The zero-order valence-corrected chi connectivity index (χ0v) is 34.0. The Hall–Kier alpha value is -2.74. The van der Waals surface area contributed by atoms with Crippen LogP contribution in [0.15, 0.2) is 22.0 Å². The van der Waals surface area contributed by atoms with E-state index in [4.69, 9.17) is 29.8 Å². The summed E-state index contributed by atoms with van der Waals surface area (Å²) in [6.07, 6.45) is 5.02. The quantitative estimate of drug-likeness (QED) is 0.215. The highest BCUT2D eigenvalue weighted by atomic mass is 28.4. The first-order valence-corrected chi connectivity index (χ1v) is 23.3. The Bertz CT molecular complexity index is 1600. The molecule has 2 fully saturated rings. The number of carbonyl (C=O) groups is 1. The maximum atomic E-state index is 12.2. The van der Waals surface area contributed by atoms with Gasteiger partial charge in [-0.15, -0.1) is 0 Å². The van der Waals surface area contributed by atoms with Crippen LogP contribution >= 0.6 is 0 Å². The molecular weight excluding hydrogens is 677 g/mol. The lowest BCUT2D eigenvalue weighted by atomic mass is 10.1. The number of ether oxygens (including phenoxy) is 2. The molecule has 4 heterocycles. The Labute approximate surface area is 298 Å². The minimum absolute atomic E-state index is 0.0575. The Morgan fingerprint density at radius 2 is 1.22 bits per heavy atom. The first kappa shape index (κ1) is 41.7. The third-order valence-electron chi connectivity index (χ3n) is 10.7. The van der Waals surface area contributed by atoms with Crippen molar-refractivity contribution in [2.45, 2.75) is 161 Å². The fourth-order valence-corrected chi connectivity index (χ4v) is 8.19. The lowest BCUT2D eigenvalue weighted by molar-refractivity contribution is -0.0199. The second-order valence-electron chi connectivity index (χ2n) is 16.3. The molecule has 5 N–H and O–H groups in total. The zero-order valence-electron chi connectivity index (χ0n) is 32.0. The van der Waals surface area contributed by atoms with E-state index in [1.54, 1.807) is 0 Å². The van der Waals surface area contributed by atoms with Crippen molar-refractivity contribution in [1.29, 1.82) is 0 Å². The molecule has 4 rings (SSSR count). The number of anilines is 2. The highest BCUT2D eigenvalue weighted by Crippen LogP contribution is 2.43. The molecule has 16 heteroatoms. The number of nitrogens with two attached hydrogens (primary N) is 2. The van der Waals surface area contributed by atoms with Gasteiger partial charge in [0.15, 0.2) is 22.9 Å². The highest BCUT2D eigenvalue weighted by Gasteiger charge is 2.46. The molecular formula is C34H60N6O8Si2. The molecule has 0 aromatic carbocycles. The number of carbonyl (C=O) groups excluding carboxylic acids is 1. The summed E-state index contributed by atoms with van der Waals surface area (Å²) < 4.78 is 28.0. The van der Waals surface area contributed by atoms with Gasteiger partial charge in [-0.2, -0.15) is 9.97 Å². The number of aliphatic hydroxyl groups excluding tert-OH is 1. The van der Waals surface area contributed by atoms with E-state index in [1.807, 2.05) is 6.92 Å². The van der Waals surface area contributed by atoms with Gasteiger partial charge in [0.05, 0.1) is 36.6 Å². The van der Waals surface area contributed by atoms with Gasteiger partial charge < -0.3 is 34.9 Å². The van der Waals surface area contributed by atoms with E-state index in [9.17, 15) is 19.5 Å². The maximum Gasteiger partial charge on any atom is 0.351 e. The number of hydrogen-bond acceptors (Lipinski definition) is 12. The van der Waals surface area contributed by atoms with Crippen molar-refractivity contribution in [2.75, 3.05) is 11.5 Å². The lowest BCUT2D eigenvalue weighted by Gasteiger charge is -2.39. The number of rotatable bonds is 10. The van der Waals surface area contributed by atoms with E-state index in [0.29, 0.717) is 24.7 Å². The fourth-order valence-electron chi connectivity index (χ4n) is 5.47. The van der Waals surface area contributed by atoms with Crippen LogP contribution in [0, 0.1) is 0 Å². The molecule has 50 heavy (non-hydrogen) atoms. The van der Waals surface area contributed by atoms with Gasteiger partial charge >= 0.3 is 11.4 Å². The molecule has 2 saturated heterocycles. The fraction of sp³-hybridized carbons (Fsp3) is 0.735. The summed E-state index contributed by atoms with van der Waals surface area (Å²) in [7, 11) is -3.90. The number of aldehydes is 1. The molecule has 14 nitrogen and oxygen atoms in total. The average molecular weight is 737 g/mol. The Morgan fingerprint density at radius 3 is 1.58 bits per heavy atom. The second kappa shape index (κ2) is 15.9. The number of nitrogen functional groups attached to an aromatic ring is 2. The molecule has 282 valence electrons. The summed E-state index contributed by atoms with van der Waals surface area (Å²) in [4.78, 5) is 43.0. The van der Waals surface area contributed by atoms with Crippen molar-refractivity contribution in [3.8, 4) is 0 Å². The summed E-state index contributed by atoms with van der Waals surface area (Å²) in [5.74, 6) is -0.00164.